The SMILES string of the molecule is COc1cc(/C=C\CC(=O)C(=O)C/C=C\C(C)(C)C)ccc1OC1CC(C)(C)N(O)C(C)(C)C1. The van der Waals surface area contributed by atoms with E-state index >= 15 is 0 Å². The Labute approximate surface area is 204 Å². The van der Waals surface area contributed by atoms with Crippen LogP contribution in [0.2, 0.25) is 0 Å². The van der Waals surface area contributed by atoms with Gasteiger partial charge in [-0.3, -0.25) is 9.59 Å². The molecule has 34 heavy (non-hydrogen) atoms. The molecule has 1 N–H and O–H groups in total. The van der Waals surface area contributed by atoms with E-state index in [9.17, 15) is 14.8 Å². The quantitative estimate of drug-likeness (QED) is 0.351. The number of methoxy groups -OCH3 is 1. The molecule has 6 nitrogen and oxygen atoms in total. The number of hydrogen-bond donors (Lipinski definition) is 1. The summed E-state index contributed by atoms with van der Waals surface area (Å²) < 4.78 is 11.8. The predicted molar refractivity (Wildman–Crippen MR) is 135 cm³/mol. The van der Waals surface area contributed by atoms with E-state index in [1.165, 1.54) is 5.06 Å². The standard InChI is InChI=1S/C28H41NO5/c1-26(2,3)16-10-13-23(31)22(30)12-9-11-20-14-15-24(25(17-20)33-8)34-21-18-27(4,5)29(32)28(6,7)19-21/h9-11,14-17,21,32H,12-13,18-19H2,1-8H3/b11-9-,16-10-. The van der Waals surface area contributed by atoms with Gasteiger partial charge >= 0.3 is 0 Å². The van der Waals surface area contributed by atoms with Crippen LogP contribution in [0.15, 0.2) is 36.4 Å². The van der Waals surface area contributed by atoms with E-state index < -0.39 is 16.9 Å². The van der Waals surface area contributed by atoms with Crippen LogP contribution in [-0.4, -0.2) is 46.1 Å². The van der Waals surface area contributed by atoms with Crippen molar-refractivity contribution in [1.29, 1.82) is 0 Å². The van der Waals surface area contributed by atoms with E-state index in [4.69, 9.17) is 9.47 Å². The van der Waals surface area contributed by atoms with Crippen molar-refractivity contribution in [3.05, 3.63) is 42.0 Å². The molecule has 6 heteroatoms. The third kappa shape index (κ3) is 7.81. The van der Waals surface area contributed by atoms with E-state index in [2.05, 4.69) is 0 Å². The first-order chi connectivity index (χ1) is 15.6. The molecule has 1 aliphatic heterocycles. The molecule has 0 aromatic heterocycles. The fraction of sp³-hybridized carbons (Fsp3) is 0.571. The number of rotatable bonds is 9. The van der Waals surface area contributed by atoms with Gasteiger partial charge in [0.1, 0.15) is 6.10 Å². The van der Waals surface area contributed by atoms with Gasteiger partial charge in [-0.15, -0.1) is 0 Å². The lowest BCUT2D eigenvalue weighted by Crippen LogP contribution is -2.61. The maximum atomic E-state index is 12.1. The lowest BCUT2D eigenvalue weighted by Gasteiger charge is -2.51. The largest absolute Gasteiger partial charge is 0.493 e. The first-order valence-electron chi connectivity index (χ1n) is 11.9. The molecule has 0 amide bonds. The van der Waals surface area contributed by atoms with E-state index in [1.54, 1.807) is 25.3 Å². The fourth-order valence-electron chi connectivity index (χ4n) is 4.38. The van der Waals surface area contributed by atoms with Crippen LogP contribution in [0.4, 0.5) is 0 Å². The maximum Gasteiger partial charge on any atom is 0.202 e. The Balaban J connectivity index is 2.01. The molecule has 1 heterocycles. The second-order valence-electron chi connectivity index (χ2n) is 11.4. The molecule has 0 saturated carbocycles. The van der Waals surface area contributed by atoms with Crippen molar-refractivity contribution >= 4 is 17.6 Å². The topological polar surface area (TPSA) is 76.1 Å². The summed E-state index contributed by atoms with van der Waals surface area (Å²) in [6.45, 7) is 14.1. The van der Waals surface area contributed by atoms with Crippen LogP contribution in [0.5, 0.6) is 11.5 Å². The molecular formula is C28H41NO5. The van der Waals surface area contributed by atoms with Crippen LogP contribution >= 0.6 is 0 Å². The zero-order chi connectivity index (χ0) is 25.7. The van der Waals surface area contributed by atoms with Crippen LogP contribution in [-0.2, 0) is 9.59 Å². The van der Waals surface area contributed by atoms with Gasteiger partial charge in [0.05, 0.1) is 7.11 Å². The average molecular weight is 472 g/mol. The molecule has 1 aromatic rings. The Morgan fingerprint density at radius 3 is 2.12 bits per heavy atom. The van der Waals surface area contributed by atoms with Gasteiger partial charge in [0, 0.05) is 36.8 Å². The number of allylic oxidation sites excluding steroid dienone is 3. The molecular weight excluding hydrogens is 430 g/mol. The summed E-state index contributed by atoms with van der Waals surface area (Å²) in [5.74, 6) is 0.451. The van der Waals surface area contributed by atoms with Crippen molar-refractivity contribution < 1.29 is 24.3 Å². The minimum absolute atomic E-state index is 0.0132. The van der Waals surface area contributed by atoms with Gasteiger partial charge in [-0.1, -0.05) is 51.1 Å². The van der Waals surface area contributed by atoms with Crippen LogP contribution in [0, 0.1) is 5.41 Å². The third-order valence-electron chi connectivity index (χ3n) is 5.93. The number of hydroxylamine groups is 2. The Morgan fingerprint density at radius 1 is 1.03 bits per heavy atom. The van der Waals surface area contributed by atoms with Gasteiger partial charge < -0.3 is 14.7 Å². The average Bonchev–Trinajstić information content (AvgIpc) is 2.71. The lowest BCUT2D eigenvalue weighted by molar-refractivity contribution is -0.254. The van der Waals surface area contributed by atoms with Gasteiger partial charge in [0.15, 0.2) is 11.5 Å². The molecule has 1 fully saturated rings. The first kappa shape index (κ1) is 27.8. The first-order valence-corrected chi connectivity index (χ1v) is 11.9. The molecule has 2 rings (SSSR count). The van der Waals surface area contributed by atoms with Crippen LogP contribution in [0.1, 0.15) is 79.7 Å². The minimum atomic E-state index is -0.408. The van der Waals surface area contributed by atoms with Gasteiger partial charge in [0.2, 0.25) is 11.6 Å². The zero-order valence-electron chi connectivity index (χ0n) is 22.0. The van der Waals surface area contributed by atoms with Crippen LogP contribution in [0.25, 0.3) is 6.08 Å². The summed E-state index contributed by atoms with van der Waals surface area (Å²) in [6.07, 6.45) is 8.69. The van der Waals surface area contributed by atoms with Gasteiger partial charge in [0.25, 0.3) is 0 Å². The summed E-state index contributed by atoms with van der Waals surface area (Å²) in [4.78, 5) is 24.1. The van der Waals surface area contributed by atoms with E-state index in [0.717, 1.165) is 5.56 Å². The minimum Gasteiger partial charge on any atom is -0.493 e. The molecule has 0 bridgehead atoms. The number of carbonyl (C=O) groups is 2. The molecule has 0 unspecified atom stereocenters. The molecule has 1 aromatic carbocycles. The molecule has 1 aliphatic rings. The highest BCUT2D eigenvalue weighted by Crippen LogP contribution is 2.40. The number of hydrogen-bond acceptors (Lipinski definition) is 6. The van der Waals surface area contributed by atoms with E-state index in [1.807, 2.05) is 72.7 Å². The number of benzene rings is 1. The van der Waals surface area contributed by atoms with Crippen molar-refractivity contribution in [2.24, 2.45) is 5.41 Å². The highest BCUT2D eigenvalue weighted by molar-refractivity contribution is 6.37. The highest BCUT2D eigenvalue weighted by atomic mass is 16.5. The summed E-state index contributed by atoms with van der Waals surface area (Å²) in [7, 11) is 1.59. The Morgan fingerprint density at radius 2 is 1.59 bits per heavy atom. The number of ether oxygens (including phenoxy) is 2. The molecule has 0 aliphatic carbocycles. The zero-order valence-corrected chi connectivity index (χ0v) is 22.0. The monoisotopic (exact) mass is 471 g/mol. The molecule has 0 atom stereocenters. The number of piperidine rings is 1. The lowest BCUT2D eigenvalue weighted by atomic mass is 9.80. The van der Waals surface area contributed by atoms with Crippen LogP contribution < -0.4 is 9.47 Å². The Kier molecular flexibility index (Phi) is 8.89. The Hall–Kier alpha value is -2.44. The molecule has 1 saturated heterocycles. The van der Waals surface area contributed by atoms with Crippen molar-refractivity contribution in [3.63, 3.8) is 0 Å². The van der Waals surface area contributed by atoms with Gasteiger partial charge in [-0.05, 0) is 50.8 Å². The number of ketones is 2. The van der Waals surface area contributed by atoms with Crippen molar-refractivity contribution in [2.75, 3.05) is 7.11 Å². The summed E-state index contributed by atoms with van der Waals surface area (Å²) in [5, 5.41) is 11.9. The predicted octanol–water partition coefficient (Wildman–Crippen LogP) is 6.02. The van der Waals surface area contributed by atoms with Crippen molar-refractivity contribution in [1.82, 2.24) is 5.06 Å². The second-order valence-corrected chi connectivity index (χ2v) is 11.4. The van der Waals surface area contributed by atoms with Crippen LogP contribution in [0.3, 0.4) is 0 Å². The summed E-state index contributed by atoms with van der Waals surface area (Å²) in [6, 6.07) is 5.60. The highest BCUT2D eigenvalue weighted by Gasteiger charge is 2.46. The molecule has 188 valence electrons. The Bertz CT molecular complexity index is 919. The molecule has 0 spiro atoms. The summed E-state index contributed by atoms with van der Waals surface area (Å²) in [5.41, 5.74) is 0.0210. The maximum absolute atomic E-state index is 12.1. The number of Topliss-reactive ketones (excluding diaryl/α,β-unsaturated/α-hetero) is 2. The van der Waals surface area contributed by atoms with Crippen molar-refractivity contribution in [3.8, 4) is 11.5 Å². The smallest absolute Gasteiger partial charge is 0.202 e. The van der Waals surface area contributed by atoms with Crippen molar-refractivity contribution in [2.45, 2.75) is 91.3 Å². The normalized spacial score (nSPS) is 19.0. The van der Waals surface area contributed by atoms with Gasteiger partial charge in [-0.2, -0.15) is 5.06 Å². The molecule has 0 radical (unpaired) electrons. The number of nitrogens with zero attached hydrogens (tertiary/aromatic N) is 1. The van der Waals surface area contributed by atoms with E-state index in [0.29, 0.717) is 24.3 Å². The second kappa shape index (κ2) is 10.9. The summed E-state index contributed by atoms with van der Waals surface area (Å²) >= 11 is 0. The third-order valence-corrected chi connectivity index (χ3v) is 5.93. The van der Waals surface area contributed by atoms with E-state index in [-0.39, 0.29) is 30.1 Å². The fourth-order valence-corrected chi connectivity index (χ4v) is 4.38. The number of carbonyl (C=O) groups excluding carboxylic acids is 2. The van der Waals surface area contributed by atoms with Gasteiger partial charge in [-0.25, -0.2) is 0 Å².